The molecule has 1 fully saturated rings. The Balaban J connectivity index is 1.93. The number of carbonyl (C=O) groups excluding carboxylic acids is 1. The number of rotatable bonds is 5. The first-order valence-corrected chi connectivity index (χ1v) is 7.53. The van der Waals surface area contributed by atoms with Gasteiger partial charge in [0, 0.05) is 6.61 Å². The monoisotopic (exact) mass is 275 g/mol. The fourth-order valence-corrected chi connectivity index (χ4v) is 2.54. The van der Waals surface area contributed by atoms with Gasteiger partial charge >= 0.3 is 0 Å². The normalized spacial score (nSPS) is 20.1. The molecule has 2 atom stereocenters. The van der Waals surface area contributed by atoms with Crippen molar-refractivity contribution in [2.45, 2.75) is 45.6 Å². The van der Waals surface area contributed by atoms with Crippen molar-refractivity contribution in [1.82, 2.24) is 5.32 Å². The third kappa shape index (κ3) is 4.07. The van der Waals surface area contributed by atoms with Gasteiger partial charge in [0.2, 0.25) is 5.91 Å². The van der Waals surface area contributed by atoms with Crippen LogP contribution in [0.3, 0.4) is 0 Å². The maximum atomic E-state index is 12.2. The number of hydrogen-bond acceptors (Lipinski definition) is 2. The number of ether oxygens (including phenoxy) is 1. The van der Waals surface area contributed by atoms with Gasteiger partial charge in [-0.15, -0.1) is 0 Å². The molecule has 2 rings (SSSR count). The lowest BCUT2D eigenvalue weighted by Crippen LogP contribution is -2.37. The van der Waals surface area contributed by atoms with Crippen molar-refractivity contribution in [3.63, 3.8) is 0 Å². The van der Waals surface area contributed by atoms with Crippen molar-refractivity contribution in [1.29, 1.82) is 0 Å². The van der Waals surface area contributed by atoms with Crippen LogP contribution in [-0.4, -0.2) is 25.2 Å². The van der Waals surface area contributed by atoms with Crippen molar-refractivity contribution in [2.24, 2.45) is 5.92 Å². The lowest BCUT2D eigenvalue weighted by molar-refractivity contribution is -0.122. The Labute approximate surface area is 121 Å². The average molecular weight is 275 g/mol. The van der Waals surface area contributed by atoms with Crippen LogP contribution in [0.15, 0.2) is 24.3 Å². The molecule has 0 radical (unpaired) electrons. The Morgan fingerprint density at radius 2 is 2.00 bits per heavy atom. The van der Waals surface area contributed by atoms with E-state index in [0.29, 0.717) is 12.5 Å². The summed E-state index contributed by atoms with van der Waals surface area (Å²) in [4.78, 5) is 12.2. The van der Waals surface area contributed by atoms with E-state index in [0.717, 1.165) is 25.0 Å². The van der Waals surface area contributed by atoms with Crippen LogP contribution in [0.4, 0.5) is 0 Å². The molecule has 0 unspecified atom stereocenters. The molecule has 3 nitrogen and oxygen atoms in total. The zero-order valence-corrected chi connectivity index (χ0v) is 12.7. The number of nitrogens with one attached hydrogen (secondary N) is 1. The molecule has 0 aromatic heterocycles. The second-order valence-electron chi connectivity index (χ2n) is 6.13. The zero-order valence-electron chi connectivity index (χ0n) is 12.7. The van der Waals surface area contributed by atoms with Gasteiger partial charge in [-0.3, -0.25) is 4.79 Å². The van der Waals surface area contributed by atoms with E-state index in [4.69, 9.17) is 4.74 Å². The van der Waals surface area contributed by atoms with Crippen LogP contribution < -0.4 is 5.32 Å². The molecule has 0 aliphatic carbocycles. The van der Waals surface area contributed by atoms with Gasteiger partial charge < -0.3 is 10.1 Å². The Bertz CT molecular complexity index is 433. The second-order valence-corrected chi connectivity index (χ2v) is 6.13. The minimum absolute atomic E-state index is 0.0945. The number of amides is 1. The lowest BCUT2D eigenvalue weighted by Gasteiger charge is -2.16. The molecule has 1 aliphatic rings. The van der Waals surface area contributed by atoms with E-state index < -0.39 is 0 Å². The van der Waals surface area contributed by atoms with E-state index in [2.05, 4.69) is 43.4 Å². The molecule has 1 N–H and O–H groups in total. The minimum Gasteiger partial charge on any atom is -0.379 e. The number of hydrogen-bond donors (Lipinski definition) is 1. The van der Waals surface area contributed by atoms with E-state index in [-0.39, 0.29) is 17.9 Å². The predicted octanol–water partition coefficient (Wildman–Crippen LogP) is 2.89. The fourth-order valence-electron chi connectivity index (χ4n) is 2.54. The molecule has 1 aromatic carbocycles. The van der Waals surface area contributed by atoms with Gasteiger partial charge in [-0.25, -0.2) is 0 Å². The van der Waals surface area contributed by atoms with Crippen LogP contribution in [0, 0.1) is 5.92 Å². The second kappa shape index (κ2) is 6.89. The molecule has 20 heavy (non-hydrogen) atoms. The van der Waals surface area contributed by atoms with Gasteiger partial charge in [0.15, 0.2) is 0 Å². The average Bonchev–Trinajstić information content (AvgIpc) is 2.91. The third-order valence-electron chi connectivity index (χ3n) is 3.79. The molecule has 1 aromatic rings. The van der Waals surface area contributed by atoms with E-state index in [1.165, 1.54) is 5.56 Å². The highest BCUT2D eigenvalue weighted by atomic mass is 16.5. The molecule has 1 aliphatic heterocycles. The smallest absolute Gasteiger partial charge is 0.227 e. The standard InChI is InChI=1S/C17H25NO2/c1-12(2)10-14-4-6-15(7-5-14)13(3)17(19)18-16-8-9-20-11-16/h4-7,12-13,16H,8-11H2,1-3H3,(H,18,19)/t13-,16-/m1/s1. The third-order valence-corrected chi connectivity index (χ3v) is 3.79. The molecule has 1 amide bonds. The first-order valence-electron chi connectivity index (χ1n) is 7.53. The summed E-state index contributed by atoms with van der Waals surface area (Å²) in [7, 11) is 0. The maximum Gasteiger partial charge on any atom is 0.227 e. The van der Waals surface area contributed by atoms with Gasteiger partial charge in [-0.1, -0.05) is 38.1 Å². The van der Waals surface area contributed by atoms with Crippen LogP contribution >= 0.6 is 0 Å². The van der Waals surface area contributed by atoms with E-state index in [9.17, 15) is 4.79 Å². The van der Waals surface area contributed by atoms with Crippen LogP contribution in [-0.2, 0) is 16.0 Å². The van der Waals surface area contributed by atoms with E-state index in [1.54, 1.807) is 0 Å². The minimum atomic E-state index is -0.108. The summed E-state index contributed by atoms with van der Waals surface area (Å²) in [5, 5.41) is 3.06. The largest absolute Gasteiger partial charge is 0.379 e. The Hall–Kier alpha value is -1.35. The quantitative estimate of drug-likeness (QED) is 0.897. The predicted molar refractivity (Wildman–Crippen MR) is 80.8 cm³/mol. The van der Waals surface area contributed by atoms with Crippen molar-refractivity contribution in [2.75, 3.05) is 13.2 Å². The Morgan fingerprint density at radius 1 is 1.30 bits per heavy atom. The van der Waals surface area contributed by atoms with Gasteiger partial charge in [-0.2, -0.15) is 0 Å². The van der Waals surface area contributed by atoms with Crippen LogP contribution in [0.5, 0.6) is 0 Å². The SMILES string of the molecule is CC(C)Cc1ccc([C@@H](C)C(=O)N[C@@H]2CCOC2)cc1. The molecule has 110 valence electrons. The molecule has 0 spiro atoms. The van der Waals surface area contributed by atoms with Gasteiger partial charge in [0.05, 0.1) is 18.6 Å². The van der Waals surface area contributed by atoms with Gasteiger partial charge in [0.25, 0.3) is 0 Å². The molecule has 0 bridgehead atoms. The first kappa shape index (κ1) is 15.0. The number of carbonyl (C=O) groups is 1. The highest BCUT2D eigenvalue weighted by molar-refractivity contribution is 5.83. The lowest BCUT2D eigenvalue weighted by atomic mass is 9.96. The highest BCUT2D eigenvalue weighted by Gasteiger charge is 2.21. The van der Waals surface area contributed by atoms with Crippen LogP contribution in [0.2, 0.25) is 0 Å². The molecular weight excluding hydrogens is 250 g/mol. The number of benzene rings is 1. The van der Waals surface area contributed by atoms with E-state index >= 15 is 0 Å². The summed E-state index contributed by atoms with van der Waals surface area (Å²) >= 11 is 0. The topological polar surface area (TPSA) is 38.3 Å². The summed E-state index contributed by atoms with van der Waals surface area (Å²) in [6, 6.07) is 8.61. The molecule has 0 saturated carbocycles. The molecule has 1 heterocycles. The van der Waals surface area contributed by atoms with Crippen LogP contribution in [0.1, 0.15) is 44.2 Å². The van der Waals surface area contributed by atoms with E-state index in [1.807, 2.05) is 6.92 Å². The summed E-state index contributed by atoms with van der Waals surface area (Å²) < 4.78 is 5.28. The Kier molecular flexibility index (Phi) is 5.18. The van der Waals surface area contributed by atoms with Gasteiger partial charge in [0.1, 0.15) is 0 Å². The van der Waals surface area contributed by atoms with Crippen LogP contribution in [0.25, 0.3) is 0 Å². The van der Waals surface area contributed by atoms with Gasteiger partial charge in [-0.05, 0) is 36.8 Å². The summed E-state index contributed by atoms with van der Waals surface area (Å²) in [6.45, 7) is 7.79. The molecular formula is C17H25NO2. The summed E-state index contributed by atoms with van der Waals surface area (Å²) in [6.07, 6.45) is 2.01. The fraction of sp³-hybridized carbons (Fsp3) is 0.588. The van der Waals surface area contributed by atoms with Crippen molar-refractivity contribution >= 4 is 5.91 Å². The molecule has 1 saturated heterocycles. The Morgan fingerprint density at radius 3 is 2.55 bits per heavy atom. The highest BCUT2D eigenvalue weighted by Crippen LogP contribution is 2.18. The maximum absolute atomic E-state index is 12.2. The van der Waals surface area contributed by atoms with Crippen molar-refractivity contribution in [3.8, 4) is 0 Å². The van der Waals surface area contributed by atoms with Crippen molar-refractivity contribution < 1.29 is 9.53 Å². The summed E-state index contributed by atoms with van der Waals surface area (Å²) in [5.74, 6) is 0.643. The molecule has 3 heteroatoms. The van der Waals surface area contributed by atoms with Crippen molar-refractivity contribution in [3.05, 3.63) is 35.4 Å². The zero-order chi connectivity index (χ0) is 14.5. The first-order chi connectivity index (χ1) is 9.56. The summed E-state index contributed by atoms with van der Waals surface area (Å²) in [5.41, 5.74) is 2.41.